The SMILES string of the molecule is c1c(OCCCN2CCCC2)sc2c1CCNC2. The molecule has 0 amide bonds. The minimum atomic E-state index is 0.864. The molecule has 3 nitrogen and oxygen atoms in total. The van der Waals surface area contributed by atoms with Crippen LogP contribution >= 0.6 is 11.3 Å². The van der Waals surface area contributed by atoms with E-state index in [1.165, 1.54) is 42.9 Å². The number of nitrogens with one attached hydrogen (secondary N) is 1. The lowest BCUT2D eigenvalue weighted by Crippen LogP contribution is -2.21. The fourth-order valence-corrected chi connectivity index (χ4v) is 3.82. The average Bonchev–Trinajstić information content (AvgIpc) is 3.03. The summed E-state index contributed by atoms with van der Waals surface area (Å²) in [6, 6.07) is 2.25. The lowest BCUT2D eigenvalue weighted by Gasteiger charge is -2.13. The molecular formula is C14H22N2OS. The summed E-state index contributed by atoms with van der Waals surface area (Å²) in [7, 11) is 0. The topological polar surface area (TPSA) is 24.5 Å². The zero-order chi connectivity index (χ0) is 12.2. The quantitative estimate of drug-likeness (QED) is 0.827. The van der Waals surface area contributed by atoms with Crippen molar-refractivity contribution in [3.8, 4) is 5.06 Å². The van der Waals surface area contributed by atoms with Gasteiger partial charge in [0.2, 0.25) is 0 Å². The predicted octanol–water partition coefficient (Wildman–Crippen LogP) is 2.26. The van der Waals surface area contributed by atoms with Gasteiger partial charge in [0.1, 0.15) is 0 Å². The summed E-state index contributed by atoms with van der Waals surface area (Å²) >= 11 is 1.82. The third kappa shape index (κ3) is 3.05. The number of fused-ring (bicyclic) bond motifs is 1. The van der Waals surface area contributed by atoms with Crippen LogP contribution in [-0.2, 0) is 13.0 Å². The Labute approximate surface area is 113 Å². The summed E-state index contributed by atoms with van der Waals surface area (Å²) in [4.78, 5) is 4.02. The number of likely N-dealkylation sites (tertiary alicyclic amines) is 1. The zero-order valence-corrected chi connectivity index (χ0v) is 11.7. The highest BCUT2D eigenvalue weighted by Crippen LogP contribution is 2.31. The molecule has 3 heterocycles. The second-order valence-corrected chi connectivity index (χ2v) is 6.29. The highest BCUT2D eigenvalue weighted by Gasteiger charge is 2.14. The van der Waals surface area contributed by atoms with Gasteiger partial charge >= 0.3 is 0 Å². The summed E-state index contributed by atoms with van der Waals surface area (Å²) in [5.41, 5.74) is 1.49. The van der Waals surface area contributed by atoms with Crippen LogP contribution in [0.5, 0.6) is 5.06 Å². The molecule has 2 aliphatic heterocycles. The largest absolute Gasteiger partial charge is 0.484 e. The maximum absolute atomic E-state index is 5.88. The first kappa shape index (κ1) is 12.5. The van der Waals surface area contributed by atoms with Crippen LogP contribution < -0.4 is 10.1 Å². The molecule has 1 N–H and O–H groups in total. The Kier molecular flexibility index (Phi) is 4.18. The van der Waals surface area contributed by atoms with Gasteiger partial charge in [-0.2, -0.15) is 0 Å². The molecule has 0 spiro atoms. The first-order chi connectivity index (χ1) is 8.92. The average molecular weight is 266 g/mol. The van der Waals surface area contributed by atoms with E-state index >= 15 is 0 Å². The smallest absolute Gasteiger partial charge is 0.174 e. The van der Waals surface area contributed by atoms with Crippen LogP contribution in [-0.4, -0.2) is 37.7 Å². The third-order valence-corrected chi connectivity index (χ3v) is 4.88. The van der Waals surface area contributed by atoms with Crippen LogP contribution in [0.2, 0.25) is 0 Å². The summed E-state index contributed by atoms with van der Waals surface area (Å²) in [6.45, 7) is 6.78. The van der Waals surface area contributed by atoms with Crippen molar-refractivity contribution in [3.05, 3.63) is 16.5 Å². The van der Waals surface area contributed by atoms with Gasteiger partial charge in [0.15, 0.2) is 5.06 Å². The molecule has 3 rings (SSSR count). The number of thiophene rings is 1. The minimum absolute atomic E-state index is 0.864. The van der Waals surface area contributed by atoms with Crippen molar-refractivity contribution >= 4 is 11.3 Å². The Hall–Kier alpha value is -0.580. The normalized spacial score (nSPS) is 20.0. The highest BCUT2D eigenvalue weighted by molar-refractivity contribution is 7.14. The lowest BCUT2D eigenvalue weighted by molar-refractivity contribution is 0.268. The number of ether oxygens (including phenoxy) is 1. The van der Waals surface area contributed by atoms with Gasteiger partial charge in [0.05, 0.1) is 6.61 Å². The van der Waals surface area contributed by atoms with Gasteiger partial charge in [-0.15, -0.1) is 11.3 Å². The van der Waals surface area contributed by atoms with Crippen LogP contribution in [0, 0.1) is 0 Å². The molecule has 1 saturated heterocycles. The Morgan fingerprint density at radius 1 is 1.33 bits per heavy atom. The Bertz CT molecular complexity index is 362. The van der Waals surface area contributed by atoms with Crippen molar-refractivity contribution in [2.24, 2.45) is 0 Å². The molecule has 1 aromatic heterocycles. The maximum Gasteiger partial charge on any atom is 0.174 e. The molecule has 0 aliphatic carbocycles. The van der Waals surface area contributed by atoms with Gasteiger partial charge in [-0.1, -0.05) is 0 Å². The molecule has 0 bridgehead atoms. The second-order valence-electron chi connectivity index (χ2n) is 5.19. The number of rotatable bonds is 5. The van der Waals surface area contributed by atoms with E-state index in [0.29, 0.717) is 0 Å². The van der Waals surface area contributed by atoms with Gasteiger partial charge in [-0.25, -0.2) is 0 Å². The summed E-state index contributed by atoms with van der Waals surface area (Å²) < 4.78 is 5.88. The zero-order valence-electron chi connectivity index (χ0n) is 10.9. The fraction of sp³-hybridized carbons (Fsp3) is 0.714. The van der Waals surface area contributed by atoms with E-state index in [2.05, 4.69) is 16.3 Å². The number of nitrogens with zero attached hydrogens (tertiary/aromatic N) is 1. The van der Waals surface area contributed by atoms with E-state index in [4.69, 9.17) is 4.74 Å². The molecule has 0 radical (unpaired) electrons. The van der Waals surface area contributed by atoms with Gasteiger partial charge in [0.25, 0.3) is 0 Å². The Balaban J connectivity index is 1.41. The highest BCUT2D eigenvalue weighted by atomic mass is 32.1. The van der Waals surface area contributed by atoms with E-state index in [-0.39, 0.29) is 0 Å². The maximum atomic E-state index is 5.88. The van der Waals surface area contributed by atoms with Gasteiger partial charge < -0.3 is 15.0 Å². The van der Waals surface area contributed by atoms with E-state index in [0.717, 1.165) is 37.6 Å². The Morgan fingerprint density at radius 2 is 2.22 bits per heavy atom. The van der Waals surface area contributed by atoms with Crippen molar-refractivity contribution < 1.29 is 4.74 Å². The summed E-state index contributed by atoms with van der Waals surface area (Å²) in [5, 5.41) is 4.52. The number of hydrogen-bond donors (Lipinski definition) is 1. The van der Waals surface area contributed by atoms with Crippen LogP contribution in [0.3, 0.4) is 0 Å². The lowest BCUT2D eigenvalue weighted by atomic mass is 10.1. The first-order valence-electron chi connectivity index (χ1n) is 7.09. The molecule has 0 unspecified atom stereocenters. The molecule has 0 atom stereocenters. The van der Waals surface area contributed by atoms with Crippen LogP contribution in [0.25, 0.3) is 0 Å². The fourth-order valence-electron chi connectivity index (χ4n) is 2.76. The molecule has 1 aromatic rings. The molecule has 2 aliphatic rings. The van der Waals surface area contributed by atoms with E-state index < -0.39 is 0 Å². The van der Waals surface area contributed by atoms with Crippen LogP contribution in [0.1, 0.15) is 29.7 Å². The summed E-state index contributed by atoms with van der Waals surface area (Å²) in [6.07, 6.45) is 5.07. The van der Waals surface area contributed by atoms with Crippen molar-refractivity contribution in [1.29, 1.82) is 0 Å². The van der Waals surface area contributed by atoms with Gasteiger partial charge in [-0.05, 0) is 56.9 Å². The van der Waals surface area contributed by atoms with Gasteiger partial charge in [-0.3, -0.25) is 0 Å². The molecule has 0 aromatic carbocycles. The molecule has 100 valence electrons. The van der Waals surface area contributed by atoms with Crippen molar-refractivity contribution in [2.75, 3.05) is 32.8 Å². The van der Waals surface area contributed by atoms with Crippen molar-refractivity contribution in [1.82, 2.24) is 10.2 Å². The second kappa shape index (κ2) is 6.04. The van der Waals surface area contributed by atoms with E-state index in [9.17, 15) is 0 Å². The monoisotopic (exact) mass is 266 g/mol. The van der Waals surface area contributed by atoms with Gasteiger partial charge in [0, 0.05) is 18.0 Å². The standard InChI is InChI=1S/C14H22N2OS/c1-2-7-16(6-1)8-3-9-17-14-10-12-4-5-15-11-13(12)18-14/h10,15H,1-9,11H2. The molecule has 4 heteroatoms. The van der Waals surface area contributed by atoms with Crippen molar-refractivity contribution in [3.63, 3.8) is 0 Å². The predicted molar refractivity (Wildman–Crippen MR) is 75.5 cm³/mol. The summed E-state index contributed by atoms with van der Waals surface area (Å²) in [5.74, 6) is 0. The third-order valence-electron chi connectivity index (χ3n) is 3.79. The minimum Gasteiger partial charge on any atom is -0.484 e. The van der Waals surface area contributed by atoms with Crippen LogP contribution in [0.15, 0.2) is 6.07 Å². The molecule has 1 fully saturated rings. The molecule has 18 heavy (non-hydrogen) atoms. The van der Waals surface area contributed by atoms with E-state index in [1.54, 1.807) is 0 Å². The van der Waals surface area contributed by atoms with E-state index in [1.807, 2.05) is 11.3 Å². The number of hydrogen-bond acceptors (Lipinski definition) is 4. The molecular weight excluding hydrogens is 244 g/mol. The Morgan fingerprint density at radius 3 is 3.06 bits per heavy atom. The van der Waals surface area contributed by atoms with Crippen molar-refractivity contribution in [2.45, 2.75) is 32.2 Å². The first-order valence-corrected chi connectivity index (χ1v) is 7.91. The molecule has 0 saturated carbocycles. The van der Waals surface area contributed by atoms with Crippen LogP contribution in [0.4, 0.5) is 0 Å².